The van der Waals surface area contributed by atoms with Gasteiger partial charge in [0.2, 0.25) is 5.82 Å². The van der Waals surface area contributed by atoms with Gasteiger partial charge in [-0.2, -0.15) is 4.98 Å². The number of anilines is 1. The highest BCUT2D eigenvalue weighted by atomic mass is 16.5. The van der Waals surface area contributed by atoms with E-state index in [0.29, 0.717) is 23.0 Å². The molecule has 0 unspecified atom stereocenters. The van der Waals surface area contributed by atoms with Gasteiger partial charge in [0, 0.05) is 11.3 Å². The molecule has 3 aromatic carbocycles. The normalized spacial score (nSPS) is 10.6. The van der Waals surface area contributed by atoms with Crippen molar-refractivity contribution >= 4 is 11.6 Å². The summed E-state index contributed by atoms with van der Waals surface area (Å²) in [5.74, 6) is 1.08. The van der Waals surface area contributed by atoms with Gasteiger partial charge in [0.1, 0.15) is 5.75 Å². The standard InChI is InChI=1S/C24H21N3O3/c1-16-12-17(2)14-19(13-16)25-22(28)15-29-21-11-7-6-10-20(21)24-26-23(27-30-24)18-8-4-3-5-9-18/h3-14H,15H2,1-2H3,(H,25,28). The van der Waals surface area contributed by atoms with Crippen molar-refractivity contribution in [3.63, 3.8) is 0 Å². The van der Waals surface area contributed by atoms with Gasteiger partial charge in [0.15, 0.2) is 6.61 Å². The maximum Gasteiger partial charge on any atom is 0.262 e. The summed E-state index contributed by atoms with van der Waals surface area (Å²) in [5.41, 5.74) is 4.41. The molecule has 1 amide bonds. The minimum atomic E-state index is -0.245. The SMILES string of the molecule is Cc1cc(C)cc(NC(=O)COc2ccccc2-c2nc(-c3ccccc3)no2)c1. The lowest BCUT2D eigenvalue weighted by Gasteiger charge is -2.10. The molecule has 6 heteroatoms. The van der Waals surface area contributed by atoms with Crippen LogP contribution in [-0.2, 0) is 4.79 Å². The van der Waals surface area contributed by atoms with Gasteiger partial charge in [-0.15, -0.1) is 0 Å². The van der Waals surface area contributed by atoms with Crippen LogP contribution in [-0.4, -0.2) is 22.7 Å². The number of para-hydroxylation sites is 1. The highest BCUT2D eigenvalue weighted by Gasteiger charge is 2.15. The molecule has 1 heterocycles. The van der Waals surface area contributed by atoms with E-state index in [-0.39, 0.29) is 12.5 Å². The van der Waals surface area contributed by atoms with Crippen LogP contribution in [0, 0.1) is 13.8 Å². The molecule has 0 aliphatic carbocycles. The number of nitrogens with zero attached hydrogens (tertiary/aromatic N) is 2. The Bertz CT molecular complexity index is 1150. The third kappa shape index (κ3) is 4.55. The first-order valence-corrected chi connectivity index (χ1v) is 9.58. The van der Waals surface area contributed by atoms with Gasteiger partial charge in [0.25, 0.3) is 11.8 Å². The lowest BCUT2D eigenvalue weighted by atomic mass is 10.1. The van der Waals surface area contributed by atoms with Gasteiger partial charge in [-0.05, 0) is 49.2 Å². The quantitative estimate of drug-likeness (QED) is 0.492. The topological polar surface area (TPSA) is 77.2 Å². The molecule has 4 rings (SSSR count). The summed E-state index contributed by atoms with van der Waals surface area (Å²) in [7, 11) is 0. The molecule has 0 saturated heterocycles. The fourth-order valence-electron chi connectivity index (χ4n) is 3.19. The van der Waals surface area contributed by atoms with E-state index in [2.05, 4.69) is 21.5 Å². The van der Waals surface area contributed by atoms with E-state index in [0.717, 1.165) is 22.4 Å². The molecular weight excluding hydrogens is 378 g/mol. The van der Waals surface area contributed by atoms with Crippen molar-refractivity contribution in [1.29, 1.82) is 0 Å². The van der Waals surface area contributed by atoms with Crippen molar-refractivity contribution < 1.29 is 14.1 Å². The highest BCUT2D eigenvalue weighted by molar-refractivity contribution is 5.92. The molecule has 0 bridgehead atoms. The van der Waals surface area contributed by atoms with Crippen LogP contribution in [0.25, 0.3) is 22.8 Å². The smallest absolute Gasteiger partial charge is 0.262 e. The van der Waals surface area contributed by atoms with Crippen molar-refractivity contribution in [2.45, 2.75) is 13.8 Å². The molecule has 150 valence electrons. The van der Waals surface area contributed by atoms with Crippen molar-refractivity contribution in [2.75, 3.05) is 11.9 Å². The van der Waals surface area contributed by atoms with Crippen LogP contribution < -0.4 is 10.1 Å². The Morgan fingerprint density at radius 2 is 1.67 bits per heavy atom. The molecule has 0 aliphatic heterocycles. The first-order valence-electron chi connectivity index (χ1n) is 9.58. The molecule has 0 aliphatic rings. The summed E-state index contributed by atoms with van der Waals surface area (Å²) in [6, 6.07) is 22.7. The van der Waals surface area contributed by atoms with Crippen LogP contribution in [0.4, 0.5) is 5.69 Å². The first kappa shape index (κ1) is 19.4. The minimum Gasteiger partial charge on any atom is -0.483 e. The Labute approximate surface area is 174 Å². The van der Waals surface area contributed by atoms with Gasteiger partial charge >= 0.3 is 0 Å². The predicted octanol–water partition coefficient (Wildman–Crippen LogP) is 5.04. The van der Waals surface area contributed by atoms with E-state index >= 15 is 0 Å². The monoisotopic (exact) mass is 399 g/mol. The van der Waals surface area contributed by atoms with Crippen LogP contribution in [0.15, 0.2) is 77.3 Å². The molecule has 1 aromatic heterocycles. The second-order valence-corrected chi connectivity index (χ2v) is 7.00. The van der Waals surface area contributed by atoms with Crippen LogP contribution in [0.3, 0.4) is 0 Å². The number of hydrogen-bond acceptors (Lipinski definition) is 5. The minimum absolute atomic E-state index is 0.135. The average molecular weight is 399 g/mol. The average Bonchev–Trinajstić information content (AvgIpc) is 3.22. The van der Waals surface area contributed by atoms with Crippen molar-refractivity contribution in [3.8, 4) is 28.6 Å². The van der Waals surface area contributed by atoms with Crippen LogP contribution in [0.1, 0.15) is 11.1 Å². The first-order chi connectivity index (χ1) is 14.6. The van der Waals surface area contributed by atoms with E-state index in [1.165, 1.54) is 0 Å². The molecule has 0 fully saturated rings. The van der Waals surface area contributed by atoms with Gasteiger partial charge in [-0.1, -0.05) is 53.7 Å². The number of aryl methyl sites for hydroxylation is 2. The van der Waals surface area contributed by atoms with Crippen molar-refractivity contribution in [1.82, 2.24) is 10.1 Å². The zero-order valence-electron chi connectivity index (χ0n) is 16.8. The van der Waals surface area contributed by atoms with Crippen LogP contribution in [0.2, 0.25) is 0 Å². The number of amides is 1. The van der Waals surface area contributed by atoms with E-state index in [1.807, 2.05) is 74.5 Å². The summed E-state index contributed by atoms with van der Waals surface area (Å²) in [4.78, 5) is 16.8. The van der Waals surface area contributed by atoms with Crippen molar-refractivity contribution in [3.05, 3.63) is 83.9 Å². The third-order valence-electron chi connectivity index (χ3n) is 4.44. The van der Waals surface area contributed by atoms with Gasteiger partial charge in [-0.3, -0.25) is 4.79 Å². The Balaban J connectivity index is 1.47. The van der Waals surface area contributed by atoms with Gasteiger partial charge in [0.05, 0.1) is 5.56 Å². The zero-order chi connectivity index (χ0) is 20.9. The maximum atomic E-state index is 12.4. The third-order valence-corrected chi connectivity index (χ3v) is 4.44. The molecular formula is C24H21N3O3. The van der Waals surface area contributed by atoms with E-state index in [1.54, 1.807) is 6.07 Å². The Kier molecular flexibility index (Phi) is 5.57. The summed E-state index contributed by atoms with van der Waals surface area (Å²) < 4.78 is 11.2. The van der Waals surface area contributed by atoms with E-state index in [9.17, 15) is 4.79 Å². The number of hydrogen-bond donors (Lipinski definition) is 1. The zero-order valence-corrected chi connectivity index (χ0v) is 16.8. The molecule has 6 nitrogen and oxygen atoms in total. The summed E-state index contributed by atoms with van der Waals surface area (Å²) in [5, 5.41) is 6.91. The molecule has 0 radical (unpaired) electrons. The molecule has 30 heavy (non-hydrogen) atoms. The number of aromatic nitrogens is 2. The molecule has 4 aromatic rings. The van der Waals surface area contributed by atoms with E-state index in [4.69, 9.17) is 9.26 Å². The second kappa shape index (κ2) is 8.61. The van der Waals surface area contributed by atoms with Crippen LogP contribution in [0.5, 0.6) is 5.75 Å². The Morgan fingerprint density at radius 3 is 2.43 bits per heavy atom. The maximum absolute atomic E-state index is 12.4. The number of carbonyl (C=O) groups excluding carboxylic acids is 1. The molecule has 1 N–H and O–H groups in total. The predicted molar refractivity (Wildman–Crippen MR) is 115 cm³/mol. The number of rotatable bonds is 6. The van der Waals surface area contributed by atoms with E-state index < -0.39 is 0 Å². The lowest BCUT2D eigenvalue weighted by molar-refractivity contribution is -0.118. The van der Waals surface area contributed by atoms with Gasteiger partial charge < -0.3 is 14.6 Å². The largest absolute Gasteiger partial charge is 0.483 e. The summed E-state index contributed by atoms with van der Waals surface area (Å²) in [6.45, 7) is 3.84. The number of carbonyl (C=O) groups is 1. The second-order valence-electron chi connectivity index (χ2n) is 7.00. The van der Waals surface area contributed by atoms with Gasteiger partial charge in [-0.25, -0.2) is 0 Å². The fourth-order valence-corrected chi connectivity index (χ4v) is 3.19. The molecule has 0 saturated carbocycles. The highest BCUT2D eigenvalue weighted by Crippen LogP contribution is 2.30. The van der Waals surface area contributed by atoms with Crippen LogP contribution >= 0.6 is 0 Å². The Morgan fingerprint density at radius 1 is 0.967 bits per heavy atom. The number of ether oxygens (including phenoxy) is 1. The van der Waals surface area contributed by atoms with Crippen molar-refractivity contribution in [2.24, 2.45) is 0 Å². The number of nitrogens with one attached hydrogen (secondary N) is 1. The number of benzene rings is 3. The Hall–Kier alpha value is -3.93. The fraction of sp³-hybridized carbons (Fsp3) is 0.125. The molecule has 0 spiro atoms. The lowest BCUT2D eigenvalue weighted by Crippen LogP contribution is -2.20. The summed E-state index contributed by atoms with van der Waals surface area (Å²) in [6.07, 6.45) is 0. The summed E-state index contributed by atoms with van der Waals surface area (Å²) >= 11 is 0. The molecule has 0 atom stereocenters.